The van der Waals surface area contributed by atoms with Crippen LogP contribution in [0.2, 0.25) is 0 Å². The van der Waals surface area contributed by atoms with Gasteiger partial charge in [-0.25, -0.2) is 4.79 Å². The molecule has 24 heavy (non-hydrogen) atoms. The number of hydrogen-bond donors (Lipinski definition) is 0. The first-order chi connectivity index (χ1) is 11.0. The van der Waals surface area contributed by atoms with E-state index in [4.69, 9.17) is 9.57 Å². The zero-order valence-corrected chi connectivity index (χ0v) is 16.4. The van der Waals surface area contributed by atoms with Crippen LogP contribution >= 0.6 is 0 Å². The first-order valence-electron chi connectivity index (χ1n) is 8.75. The zero-order chi connectivity index (χ0) is 18.5. The Balaban J connectivity index is 3.09. The summed E-state index contributed by atoms with van der Waals surface area (Å²) in [5, 5.41) is 1.94. The lowest BCUT2D eigenvalue weighted by atomic mass is 9.92. The van der Waals surface area contributed by atoms with Crippen LogP contribution in [-0.2, 0) is 14.4 Å². The third kappa shape index (κ3) is 5.91. The number of carbonyl (C=O) groups is 1. The number of rotatable bonds is 7. The van der Waals surface area contributed by atoms with Crippen molar-refractivity contribution in [3.05, 3.63) is 35.9 Å². The summed E-state index contributed by atoms with van der Waals surface area (Å²) < 4.78 is 5.28. The van der Waals surface area contributed by atoms with Gasteiger partial charge in [-0.05, 0) is 53.0 Å². The third-order valence-corrected chi connectivity index (χ3v) is 3.64. The highest BCUT2D eigenvalue weighted by Gasteiger charge is 2.36. The second kappa shape index (κ2) is 8.63. The van der Waals surface area contributed by atoms with Crippen LogP contribution < -0.4 is 0 Å². The summed E-state index contributed by atoms with van der Waals surface area (Å²) in [7, 11) is 0. The molecule has 0 N–H and O–H groups in total. The van der Waals surface area contributed by atoms with E-state index in [1.807, 2.05) is 37.1 Å². The molecule has 0 amide bonds. The summed E-state index contributed by atoms with van der Waals surface area (Å²) in [5.41, 5.74) is 0.906. The van der Waals surface area contributed by atoms with E-state index in [9.17, 15) is 4.79 Å². The number of esters is 1. The SMILES string of the molecule is CC(C)OC(=O)C(C)ON(C(c1ccccc1)C(C)C)C(C)(C)C. The molecule has 0 aromatic heterocycles. The van der Waals surface area contributed by atoms with Gasteiger partial charge in [-0.2, -0.15) is 5.06 Å². The van der Waals surface area contributed by atoms with Crippen molar-refractivity contribution in [3.8, 4) is 0 Å². The molecule has 0 saturated carbocycles. The molecule has 0 aliphatic carbocycles. The van der Waals surface area contributed by atoms with Crippen molar-refractivity contribution < 1.29 is 14.4 Å². The minimum Gasteiger partial charge on any atom is -0.461 e. The van der Waals surface area contributed by atoms with Crippen molar-refractivity contribution in [1.82, 2.24) is 5.06 Å². The quantitative estimate of drug-likeness (QED) is 0.532. The summed E-state index contributed by atoms with van der Waals surface area (Å²) in [6.45, 7) is 16.0. The lowest BCUT2D eigenvalue weighted by Gasteiger charge is -2.43. The Hall–Kier alpha value is -1.39. The number of benzene rings is 1. The molecule has 1 aromatic carbocycles. The van der Waals surface area contributed by atoms with Crippen molar-refractivity contribution in [3.63, 3.8) is 0 Å². The maximum Gasteiger partial charge on any atom is 0.337 e. The number of nitrogens with zero attached hydrogens (tertiary/aromatic N) is 1. The average Bonchev–Trinajstić information content (AvgIpc) is 2.45. The summed E-state index contributed by atoms with van der Waals surface area (Å²) in [4.78, 5) is 18.3. The van der Waals surface area contributed by atoms with E-state index in [0.29, 0.717) is 5.92 Å². The molecule has 0 heterocycles. The first kappa shape index (κ1) is 20.7. The van der Waals surface area contributed by atoms with E-state index < -0.39 is 6.10 Å². The van der Waals surface area contributed by atoms with Crippen LogP contribution in [0.25, 0.3) is 0 Å². The molecule has 0 aliphatic heterocycles. The van der Waals surface area contributed by atoms with E-state index in [1.165, 1.54) is 5.56 Å². The zero-order valence-electron chi connectivity index (χ0n) is 16.4. The molecule has 136 valence electrons. The molecular weight excluding hydrogens is 302 g/mol. The van der Waals surface area contributed by atoms with Crippen LogP contribution in [0.1, 0.15) is 67.0 Å². The number of carbonyl (C=O) groups excluding carboxylic acids is 1. The molecule has 1 rings (SSSR count). The molecule has 4 heteroatoms. The van der Waals surface area contributed by atoms with E-state index in [0.717, 1.165) is 0 Å². The fourth-order valence-electron chi connectivity index (χ4n) is 2.62. The molecule has 1 aromatic rings. The van der Waals surface area contributed by atoms with Crippen molar-refractivity contribution in [2.75, 3.05) is 0 Å². The summed E-state index contributed by atoms with van der Waals surface area (Å²) in [5.74, 6) is -0.0187. The topological polar surface area (TPSA) is 38.8 Å². The smallest absolute Gasteiger partial charge is 0.337 e. The van der Waals surface area contributed by atoms with Gasteiger partial charge >= 0.3 is 5.97 Å². The average molecular weight is 335 g/mol. The largest absolute Gasteiger partial charge is 0.461 e. The Kier molecular flexibility index (Phi) is 7.43. The van der Waals surface area contributed by atoms with Crippen LogP contribution in [-0.4, -0.2) is 28.8 Å². The minimum atomic E-state index is -0.656. The normalized spacial score (nSPS) is 15.0. The van der Waals surface area contributed by atoms with Crippen molar-refractivity contribution >= 4 is 5.97 Å². The van der Waals surface area contributed by atoms with Gasteiger partial charge in [-0.15, -0.1) is 0 Å². The van der Waals surface area contributed by atoms with Crippen molar-refractivity contribution in [2.45, 2.75) is 79.2 Å². The van der Waals surface area contributed by atoms with Crippen molar-refractivity contribution in [1.29, 1.82) is 0 Å². The van der Waals surface area contributed by atoms with Crippen molar-refractivity contribution in [2.24, 2.45) is 5.92 Å². The fourth-order valence-corrected chi connectivity index (χ4v) is 2.62. The van der Waals surface area contributed by atoms with Crippen LogP contribution in [0.4, 0.5) is 0 Å². The first-order valence-corrected chi connectivity index (χ1v) is 8.75. The second-order valence-corrected chi connectivity index (χ2v) is 7.83. The van der Waals surface area contributed by atoms with Gasteiger partial charge in [0.25, 0.3) is 0 Å². The lowest BCUT2D eigenvalue weighted by molar-refractivity contribution is -0.271. The molecule has 0 aliphatic rings. The Morgan fingerprint density at radius 3 is 1.96 bits per heavy atom. The van der Waals surface area contributed by atoms with E-state index >= 15 is 0 Å². The highest BCUT2D eigenvalue weighted by atomic mass is 16.7. The molecule has 4 nitrogen and oxygen atoms in total. The van der Waals surface area contributed by atoms with Crippen LogP contribution in [0.3, 0.4) is 0 Å². The van der Waals surface area contributed by atoms with Gasteiger partial charge in [0.1, 0.15) is 0 Å². The summed E-state index contributed by atoms with van der Waals surface area (Å²) in [6, 6.07) is 10.3. The van der Waals surface area contributed by atoms with Crippen LogP contribution in [0.5, 0.6) is 0 Å². The monoisotopic (exact) mass is 335 g/mol. The van der Waals surface area contributed by atoms with Gasteiger partial charge in [0.2, 0.25) is 0 Å². The van der Waals surface area contributed by atoms with E-state index in [-0.39, 0.29) is 23.7 Å². The standard InChI is InChI=1S/C20H33NO3/c1-14(2)18(17-12-10-9-11-13-17)21(20(6,7)8)24-16(5)19(22)23-15(3)4/h9-16,18H,1-8H3. The predicted octanol–water partition coefficient (Wildman–Crippen LogP) is 4.76. The minimum absolute atomic E-state index is 0.0421. The van der Waals surface area contributed by atoms with Crippen LogP contribution in [0.15, 0.2) is 30.3 Å². The maximum absolute atomic E-state index is 12.2. The molecule has 0 fully saturated rings. The molecular formula is C20H33NO3. The van der Waals surface area contributed by atoms with E-state index in [1.54, 1.807) is 6.92 Å². The third-order valence-electron chi connectivity index (χ3n) is 3.64. The molecule has 0 radical (unpaired) electrons. The second-order valence-electron chi connectivity index (χ2n) is 7.83. The Morgan fingerprint density at radius 2 is 1.54 bits per heavy atom. The number of hydroxylamine groups is 2. The summed E-state index contributed by atoms with van der Waals surface area (Å²) >= 11 is 0. The Labute approximate surface area is 147 Å². The van der Waals surface area contributed by atoms with Gasteiger partial charge in [-0.1, -0.05) is 44.2 Å². The Bertz CT molecular complexity index is 505. The molecule has 0 spiro atoms. The highest BCUT2D eigenvalue weighted by Crippen LogP contribution is 2.35. The fraction of sp³-hybridized carbons (Fsp3) is 0.650. The van der Waals surface area contributed by atoms with Gasteiger partial charge < -0.3 is 4.74 Å². The number of ether oxygens (including phenoxy) is 1. The van der Waals surface area contributed by atoms with Gasteiger partial charge in [-0.3, -0.25) is 4.84 Å². The van der Waals surface area contributed by atoms with Gasteiger partial charge in [0, 0.05) is 5.54 Å². The van der Waals surface area contributed by atoms with E-state index in [2.05, 4.69) is 46.8 Å². The van der Waals surface area contributed by atoms with Gasteiger partial charge in [0.05, 0.1) is 12.1 Å². The molecule has 0 bridgehead atoms. The molecule has 2 unspecified atom stereocenters. The highest BCUT2D eigenvalue weighted by molar-refractivity contribution is 5.74. The predicted molar refractivity (Wildman–Crippen MR) is 97.4 cm³/mol. The molecule has 0 saturated heterocycles. The maximum atomic E-state index is 12.2. The van der Waals surface area contributed by atoms with Crippen LogP contribution in [0, 0.1) is 5.92 Å². The Morgan fingerprint density at radius 1 is 1.00 bits per heavy atom. The summed E-state index contributed by atoms with van der Waals surface area (Å²) in [6.07, 6.45) is -0.807. The number of hydrogen-bond acceptors (Lipinski definition) is 4. The molecule has 2 atom stereocenters. The lowest BCUT2D eigenvalue weighted by Crippen LogP contribution is -2.48. The van der Waals surface area contributed by atoms with Gasteiger partial charge in [0.15, 0.2) is 6.10 Å².